The summed E-state index contributed by atoms with van der Waals surface area (Å²) < 4.78 is 9.24. The minimum atomic E-state index is -0.370. The Labute approximate surface area is 154 Å². The summed E-state index contributed by atoms with van der Waals surface area (Å²) >= 11 is 0. The van der Waals surface area contributed by atoms with Gasteiger partial charge >= 0.3 is 0 Å². The highest BCUT2D eigenvalue weighted by Gasteiger charge is 2.43. The second-order valence-corrected chi connectivity index (χ2v) is 8.19. The molecule has 2 aromatic heterocycles. The van der Waals surface area contributed by atoms with Crippen LogP contribution in [0.3, 0.4) is 0 Å². The zero-order valence-corrected chi connectivity index (χ0v) is 15.9. The van der Waals surface area contributed by atoms with E-state index in [9.17, 15) is 0 Å². The summed E-state index contributed by atoms with van der Waals surface area (Å²) in [6.45, 7) is 9.15. The zero-order chi connectivity index (χ0) is 18.1. The van der Waals surface area contributed by atoms with Crippen LogP contribution in [-0.2, 0) is 23.4 Å². The smallest absolute Gasteiger partial charge is 0.112 e. The molecule has 2 aliphatic heterocycles. The van der Waals surface area contributed by atoms with Crippen molar-refractivity contribution in [3.05, 3.63) is 64.6 Å². The summed E-state index contributed by atoms with van der Waals surface area (Å²) in [6, 6.07) is 11.1. The number of fused-ring (bicyclic) bond motifs is 3. The highest BCUT2D eigenvalue weighted by Crippen LogP contribution is 2.46. The first-order chi connectivity index (χ1) is 12.4. The van der Waals surface area contributed by atoms with Gasteiger partial charge in [-0.15, -0.1) is 0 Å². The van der Waals surface area contributed by atoms with Gasteiger partial charge in [-0.3, -0.25) is 9.88 Å². The summed E-state index contributed by atoms with van der Waals surface area (Å²) in [4.78, 5) is 6.89. The van der Waals surface area contributed by atoms with E-state index in [1.54, 1.807) is 0 Å². The number of hydrogen-bond donors (Lipinski definition) is 0. The van der Waals surface area contributed by atoms with Gasteiger partial charge in [-0.25, -0.2) is 0 Å². The number of pyridine rings is 1. The number of rotatable bonds is 1. The van der Waals surface area contributed by atoms with Gasteiger partial charge in [0.2, 0.25) is 0 Å². The third-order valence-electron chi connectivity index (χ3n) is 5.96. The van der Waals surface area contributed by atoms with Crippen LogP contribution in [-0.4, -0.2) is 28.0 Å². The highest BCUT2D eigenvalue weighted by molar-refractivity contribution is 5.87. The SMILES string of the molecule is Cc1ccc2c(c1)c1c3n2CC(C)(c2ccc(C)nc2)OC3CN(C)C1. The number of aromatic nitrogens is 2. The van der Waals surface area contributed by atoms with E-state index < -0.39 is 0 Å². The Hall–Kier alpha value is -2.17. The maximum atomic E-state index is 6.74. The molecule has 4 nitrogen and oxygen atoms in total. The fraction of sp³-hybridized carbons (Fsp3) is 0.409. The largest absolute Gasteiger partial charge is 0.358 e. The second kappa shape index (κ2) is 5.41. The first-order valence-corrected chi connectivity index (χ1v) is 9.36. The predicted molar refractivity (Wildman–Crippen MR) is 103 cm³/mol. The van der Waals surface area contributed by atoms with Crippen LogP contribution < -0.4 is 0 Å². The van der Waals surface area contributed by atoms with E-state index >= 15 is 0 Å². The van der Waals surface area contributed by atoms with E-state index in [-0.39, 0.29) is 11.7 Å². The van der Waals surface area contributed by atoms with Gasteiger partial charge in [0.1, 0.15) is 11.7 Å². The van der Waals surface area contributed by atoms with Crippen LogP contribution in [0.1, 0.15) is 41.1 Å². The monoisotopic (exact) mass is 347 g/mol. The fourth-order valence-electron chi connectivity index (χ4n) is 4.65. The van der Waals surface area contributed by atoms with Gasteiger partial charge in [0.25, 0.3) is 0 Å². The second-order valence-electron chi connectivity index (χ2n) is 8.19. The quantitative estimate of drug-likeness (QED) is 0.664. The van der Waals surface area contributed by atoms with Gasteiger partial charge in [0.05, 0.1) is 12.2 Å². The number of ether oxygens (including phenoxy) is 1. The van der Waals surface area contributed by atoms with Crippen molar-refractivity contribution in [3.63, 3.8) is 0 Å². The van der Waals surface area contributed by atoms with Gasteiger partial charge in [-0.2, -0.15) is 0 Å². The Bertz CT molecular complexity index is 1000. The molecule has 2 atom stereocenters. The van der Waals surface area contributed by atoms with Crippen LogP contribution in [0.4, 0.5) is 0 Å². The molecule has 0 aliphatic carbocycles. The molecule has 134 valence electrons. The van der Waals surface area contributed by atoms with Crippen molar-refractivity contribution >= 4 is 10.9 Å². The molecule has 0 bridgehead atoms. The Kier molecular flexibility index (Phi) is 3.34. The van der Waals surface area contributed by atoms with Crippen molar-refractivity contribution in [3.8, 4) is 0 Å². The molecule has 2 aliphatic rings. The predicted octanol–water partition coefficient (Wildman–Crippen LogP) is 4.09. The molecule has 26 heavy (non-hydrogen) atoms. The summed E-state index contributed by atoms with van der Waals surface area (Å²) in [5.41, 5.74) is 7.27. The molecule has 3 aromatic rings. The van der Waals surface area contributed by atoms with Crippen LogP contribution in [0.15, 0.2) is 36.5 Å². The molecular weight excluding hydrogens is 322 g/mol. The van der Waals surface area contributed by atoms with Crippen molar-refractivity contribution in [2.75, 3.05) is 13.6 Å². The van der Waals surface area contributed by atoms with Crippen molar-refractivity contribution in [1.29, 1.82) is 0 Å². The number of likely N-dealkylation sites (N-methyl/N-ethyl adjacent to an activating group) is 1. The van der Waals surface area contributed by atoms with Gasteiger partial charge in [-0.05, 0) is 51.6 Å². The Morgan fingerprint density at radius 3 is 2.81 bits per heavy atom. The van der Waals surface area contributed by atoms with E-state index in [1.807, 2.05) is 13.1 Å². The highest BCUT2D eigenvalue weighted by atomic mass is 16.5. The minimum absolute atomic E-state index is 0.0940. The average Bonchev–Trinajstić information content (AvgIpc) is 2.89. The molecule has 1 aromatic carbocycles. The Balaban J connectivity index is 1.72. The molecule has 0 fully saturated rings. The van der Waals surface area contributed by atoms with E-state index in [0.717, 1.165) is 30.9 Å². The molecular formula is C22H25N3O. The fourth-order valence-corrected chi connectivity index (χ4v) is 4.65. The van der Waals surface area contributed by atoms with Crippen LogP contribution in [0.2, 0.25) is 0 Å². The average molecular weight is 347 g/mol. The van der Waals surface area contributed by atoms with Gasteiger partial charge in [0.15, 0.2) is 0 Å². The molecule has 4 heteroatoms. The molecule has 4 heterocycles. The van der Waals surface area contributed by atoms with Crippen molar-refractivity contribution in [2.24, 2.45) is 0 Å². The molecule has 0 radical (unpaired) electrons. The van der Waals surface area contributed by atoms with E-state index in [0.29, 0.717) is 0 Å². The Morgan fingerprint density at radius 1 is 1.19 bits per heavy atom. The lowest BCUT2D eigenvalue weighted by molar-refractivity contribution is -0.134. The topological polar surface area (TPSA) is 30.3 Å². The Morgan fingerprint density at radius 2 is 2.04 bits per heavy atom. The number of nitrogens with zero attached hydrogens (tertiary/aromatic N) is 3. The molecule has 0 spiro atoms. The minimum Gasteiger partial charge on any atom is -0.358 e. The zero-order valence-electron chi connectivity index (χ0n) is 15.9. The van der Waals surface area contributed by atoms with Crippen LogP contribution >= 0.6 is 0 Å². The maximum Gasteiger partial charge on any atom is 0.112 e. The normalized spacial score (nSPS) is 25.5. The number of aryl methyl sites for hydroxylation is 2. The molecule has 0 saturated carbocycles. The van der Waals surface area contributed by atoms with Gasteiger partial charge < -0.3 is 9.30 Å². The third kappa shape index (κ3) is 2.25. The lowest BCUT2D eigenvalue weighted by Crippen LogP contribution is -2.44. The van der Waals surface area contributed by atoms with Crippen molar-refractivity contribution < 1.29 is 4.74 Å². The summed E-state index contributed by atoms with van der Waals surface area (Å²) in [5.74, 6) is 0. The molecule has 5 rings (SSSR count). The molecule has 0 amide bonds. The number of hydrogen-bond acceptors (Lipinski definition) is 3. The van der Waals surface area contributed by atoms with E-state index in [4.69, 9.17) is 4.74 Å². The molecule has 0 saturated heterocycles. The molecule has 2 unspecified atom stereocenters. The van der Waals surface area contributed by atoms with E-state index in [2.05, 4.69) is 65.7 Å². The lowest BCUT2D eigenvalue weighted by Gasteiger charge is -2.44. The first kappa shape index (κ1) is 16.0. The van der Waals surface area contributed by atoms with Gasteiger partial charge in [-0.1, -0.05) is 17.7 Å². The van der Waals surface area contributed by atoms with Crippen LogP contribution in [0, 0.1) is 13.8 Å². The summed E-state index contributed by atoms with van der Waals surface area (Å²) in [7, 11) is 2.19. The standard InChI is InChI=1S/C22H25N3O/c1-14-5-8-19-17(9-14)18-11-24(4)12-20-21(18)25(19)13-22(3,26-20)16-7-6-15(2)23-10-16/h5-10,20H,11-13H2,1-4H3. The third-order valence-corrected chi connectivity index (χ3v) is 5.96. The van der Waals surface area contributed by atoms with Crippen LogP contribution in [0.25, 0.3) is 10.9 Å². The van der Waals surface area contributed by atoms with Gasteiger partial charge in [0, 0.05) is 41.4 Å². The summed E-state index contributed by atoms with van der Waals surface area (Å²) in [6.07, 6.45) is 2.07. The van der Waals surface area contributed by atoms with Crippen molar-refractivity contribution in [1.82, 2.24) is 14.5 Å². The summed E-state index contributed by atoms with van der Waals surface area (Å²) in [5, 5.41) is 1.38. The number of benzene rings is 1. The maximum absolute atomic E-state index is 6.74. The van der Waals surface area contributed by atoms with Crippen molar-refractivity contribution in [2.45, 2.75) is 45.6 Å². The first-order valence-electron chi connectivity index (χ1n) is 9.36. The van der Waals surface area contributed by atoms with E-state index in [1.165, 1.54) is 27.7 Å². The lowest BCUT2D eigenvalue weighted by atomic mass is 9.93. The molecule has 0 N–H and O–H groups in total. The van der Waals surface area contributed by atoms with Crippen LogP contribution in [0.5, 0.6) is 0 Å².